The molecule has 3 heteroatoms. The van der Waals surface area contributed by atoms with E-state index >= 15 is 0 Å². The van der Waals surface area contributed by atoms with E-state index in [4.69, 9.17) is 9.84 Å². The SMILES string of the molecule is O=C(O)CCCCCOCC1CC1. The summed E-state index contributed by atoms with van der Waals surface area (Å²) < 4.78 is 5.42. The Morgan fingerprint density at radius 3 is 2.69 bits per heavy atom. The number of rotatable bonds is 8. The van der Waals surface area contributed by atoms with Crippen molar-refractivity contribution in [2.24, 2.45) is 5.92 Å². The Balaban J connectivity index is 1.70. The summed E-state index contributed by atoms with van der Waals surface area (Å²) in [5.41, 5.74) is 0. The molecular formula is C10H18O3. The fraction of sp³-hybridized carbons (Fsp3) is 0.900. The van der Waals surface area contributed by atoms with Gasteiger partial charge in [-0.05, 0) is 31.6 Å². The molecule has 13 heavy (non-hydrogen) atoms. The number of hydrogen-bond acceptors (Lipinski definition) is 2. The first-order chi connectivity index (χ1) is 6.29. The number of carbonyl (C=O) groups is 1. The molecule has 1 saturated carbocycles. The molecule has 0 unspecified atom stereocenters. The number of unbranched alkanes of at least 4 members (excludes halogenated alkanes) is 2. The van der Waals surface area contributed by atoms with Crippen LogP contribution in [-0.4, -0.2) is 24.3 Å². The minimum Gasteiger partial charge on any atom is -0.481 e. The lowest BCUT2D eigenvalue weighted by Gasteiger charge is -2.01. The highest BCUT2D eigenvalue weighted by atomic mass is 16.5. The standard InChI is InChI=1S/C10H18O3/c11-10(12)4-2-1-3-7-13-8-9-5-6-9/h9H,1-8H2,(H,11,12). The maximum Gasteiger partial charge on any atom is 0.303 e. The van der Waals surface area contributed by atoms with Crippen LogP contribution >= 0.6 is 0 Å². The zero-order chi connectivity index (χ0) is 9.52. The molecule has 0 spiro atoms. The molecule has 1 aliphatic carbocycles. The molecule has 0 aliphatic heterocycles. The number of carboxylic acid groups (broad SMARTS) is 1. The van der Waals surface area contributed by atoms with Crippen molar-refractivity contribution in [1.82, 2.24) is 0 Å². The normalized spacial score (nSPS) is 16.0. The zero-order valence-electron chi connectivity index (χ0n) is 8.00. The summed E-state index contributed by atoms with van der Waals surface area (Å²) in [6.45, 7) is 1.72. The van der Waals surface area contributed by atoms with E-state index in [0.29, 0.717) is 6.42 Å². The molecule has 0 aromatic heterocycles. The summed E-state index contributed by atoms with van der Waals surface area (Å²) in [6, 6.07) is 0. The molecule has 1 rings (SSSR count). The molecule has 0 bridgehead atoms. The summed E-state index contributed by atoms with van der Waals surface area (Å²) in [6.07, 6.45) is 5.71. The molecule has 3 nitrogen and oxygen atoms in total. The Hall–Kier alpha value is -0.570. The van der Waals surface area contributed by atoms with Gasteiger partial charge >= 0.3 is 5.97 Å². The average Bonchev–Trinajstić information content (AvgIpc) is 2.86. The van der Waals surface area contributed by atoms with E-state index in [1.54, 1.807) is 0 Å². The van der Waals surface area contributed by atoms with Gasteiger partial charge < -0.3 is 9.84 Å². The quantitative estimate of drug-likeness (QED) is 0.590. The van der Waals surface area contributed by atoms with Gasteiger partial charge in [-0.3, -0.25) is 4.79 Å². The van der Waals surface area contributed by atoms with Crippen molar-refractivity contribution >= 4 is 5.97 Å². The van der Waals surface area contributed by atoms with Gasteiger partial charge in [-0.2, -0.15) is 0 Å². The predicted molar refractivity (Wildman–Crippen MR) is 49.6 cm³/mol. The van der Waals surface area contributed by atoms with Crippen molar-refractivity contribution in [2.45, 2.75) is 38.5 Å². The highest BCUT2D eigenvalue weighted by Crippen LogP contribution is 2.28. The van der Waals surface area contributed by atoms with Gasteiger partial charge in [0.25, 0.3) is 0 Å². The van der Waals surface area contributed by atoms with E-state index < -0.39 is 5.97 Å². The van der Waals surface area contributed by atoms with E-state index in [2.05, 4.69) is 0 Å². The third kappa shape index (κ3) is 6.58. The zero-order valence-corrected chi connectivity index (χ0v) is 8.00. The van der Waals surface area contributed by atoms with Crippen molar-refractivity contribution in [3.05, 3.63) is 0 Å². The first-order valence-electron chi connectivity index (χ1n) is 5.08. The van der Waals surface area contributed by atoms with E-state index in [1.807, 2.05) is 0 Å². The Morgan fingerprint density at radius 2 is 2.08 bits per heavy atom. The smallest absolute Gasteiger partial charge is 0.303 e. The average molecular weight is 186 g/mol. The lowest BCUT2D eigenvalue weighted by Crippen LogP contribution is -1.99. The summed E-state index contributed by atoms with van der Waals surface area (Å²) in [7, 11) is 0. The molecule has 0 saturated heterocycles. The van der Waals surface area contributed by atoms with Gasteiger partial charge in [0, 0.05) is 19.6 Å². The van der Waals surface area contributed by atoms with Crippen molar-refractivity contribution in [3.8, 4) is 0 Å². The van der Waals surface area contributed by atoms with Crippen LogP contribution in [0, 0.1) is 5.92 Å². The molecule has 0 heterocycles. The summed E-state index contributed by atoms with van der Waals surface area (Å²) in [5, 5.41) is 8.37. The Labute approximate surface area is 79.1 Å². The van der Waals surface area contributed by atoms with Crippen LogP contribution in [0.4, 0.5) is 0 Å². The molecule has 0 aromatic rings. The van der Waals surface area contributed by atoms with Crippen LogP contribution < -0.4 is 0 Å². The van der Waals surface area contributed by atoms with Crippen LogP contribution in [0.15, 0.2) is 0 Å². The molecule has 0 aromatic carbocycles. The van der Waals surface area contributed by atoms with Crippen molar-refractivity contribution in [3.63, 3.8) is 0 Å². The van der Waals surface area contributed by atoms with E-state index in [-0.39, 0.29) is 0 Å². The monoisotopic (exact) mass is 186 g/mol. The topological polar surface area (TPSA) is 46.5 Å². The fourth-order valence-electron chi connectivity index (χ4n) is 1.19. The first kappa shape index (κ1) is 10.5. The summed E-state index contributed by atoms with van der Waals surface area (Å²) >= 11 is 0. The maximum absolute atomic E-state index is 10.2. The maximum atomic E-state index is 10.2. The largest absolute Gasteiger partial charge is 0.481 e. The summed E-state index contributed by atoms with van der Waals surface area (Å²) in [5.74, 6) is 0.137. The second kappa shape index (κ2) is 5.97. The number of hydrogen-bond donors (Lipinski definition) is 1. The molecule has 0 amide bonds. The second-order valence-electron chi connectivity index (χ2n) is 3.72. The Kier molecular flexibility index (Phi) is 4.83. The van der Waals surface area contributed by atoms with Crippen LogP contribution in [0.1, 0.15) is 38.5 Å². The highest BCUT2D eigenvalue weighted by Gasteiger charge is 2.20. The van der Waals surface area contributed by atoms with Gasteiger partial charge in [-0.15, -0.1) is 0 Å². The fourth-order valence-corrected chi connectivity index (χ4v) is 1.19. The third-order valence-corrected chi connectivity index (χ3v) is 2.23. The Bertz CT molecular complexity index is 152. The predicted octanol–water partition coefficient (Wildman–Crippen LogP) is 2.06. The minimum atomic E-state index is -0.695. The van der Waals surface area contributed by atoms with Crippen LogP contribution in [0.2, 0.25) is 0 Å². The summed E-state index contributed by atoms with van der Waals surface area (Å²) in [4.78, 5) is 10.2. The minimum absolute atomic E-state index is 0.294. The third-order valence-electron chi connectivity index (χ3n) is 2.23. The molecular weight excluding hydrogens is 168 g/mol. The van der Waals surface area contributed by atoms with Crippen LogP contribution in [0.5, 0.6) is 0 Å². The van der Waals surface area contributed by atoms with Gasteiger partial charge in [0.05, 0.1) is 0 Å². The van der Waals surface area contributed by atoms with Gasteiger partial charge in [0.1, 0.15) is 0 Å². The molecule has 0 atom stereocenters. The second-order valence-corrected chi connectivity index (χ2v) is 3.72. The Morgan fingerprint density at radius 1 is 1.31 bits per heavy atom. The van der Waals surface area contributed by atoms with Crippen LogP contribution in [-0.2, 0) is 9.53 Å². The van der Waals surface area contributed by atoms with Gasteiger partial charge in [-0.25, -0.2) is 0 Å². The highest BCUT2D eigenvalue weighted by molar-refractivity contribution is 5.66. The number of carboxylic acids is 1. The van der Waals surface area contributed by atoms with Gasteiger partial charge in [0.15, 0.2) is 0 Å². The lowest BCUT2D eigenvalue weighted by atomic mass is 10.2. The van der Waals surface area contributed by atoms with Crippen molar-refractivity contribution in [1.29, 1.82) is 0 Å². The molecule has 1 N–H and O–H groups in total. The number of ether oxygens (including phenoxy) is 1. The van der Waals surface area contributed by atoms with Crippen molar-refractivity contribution in [2.75, 3.05) is 13.2 Å². The van der Waals surface area contributed by atoms with Gasteiger partial charge in [0.2, 0.25) is 0 Å². The first-order valence-corrected chi connectivity index (χ1v) is 5.08. The van der Waals surface area contributed by atoms with Crippen LogP contribution in [0.3, 0.4) is 0 Å². The molecule has 1 fully saturated rings. The molecule has 0 radical (unpaired) electrons. The lowest BCUT2D eigenvalue weighted by molar-refractivity contribution is -0.137. The molecule has 76 valence electrons. The van der Waals surface area contributed by atoms with E-state index in [9.17, 15) is 4.79 Å². The van der Waals surface area contributed by atoms with Crippen molar-refractivity contribution < 1.29 is 14.6 Å². The number of aliphatic carboxylic acids is 1. The van der Waals surface area contributed by atoms with Gasteiger partial charge in [-0.1, -0.05) is 6.42 Å². The van der Waals surface area contributed by atoms with E-state index in [1.165, 1.54) is 12.8 Å². The molecule has 1 aliphatic rings. The van der Waals surface area contributed by atoms with Crippen LogP contribution in [0.25, 0.3) is 0 Å². The van der Waals surface area contributed by atoms with E-state index in [0.717, 1.165) is 38.4 Å².